The highest BCUT2D eigenvalue weighted by Gasteiger charge is 2.43. The van der Waals surface area contributed by atoms with Gasteiger partial charge in [0.2, 0.25) is 0 Å². The van der Waals surface area contributed by atoms with E-state index in [0.717, 1.165) is 43.0 Å². The number of hydrogen-bond acceptors (Lipinski definition) is 5. The Bertz CT molecular complexity index is 854. The van der Waals surface area contributed by atoms with Crippen LogP contribution in [0.1, 0.15) is 43.2 Å². The Labute approximate surface area is 173 Å². The number of carbonyl (C=O) groups is 1. The van der Waals surface area contributed by atoms with Crippen LogP contribution in [0.3, 0.4) is 0 Å². The van der Waals surface area contributed by atoms with Crippen molar-refractivity contribution in [2.45, 2.75) is 50.7 Å². The molecular weight excluding hydrogens is 362 g/mol. The van der Waals surface area contributed by atoms with E-state index >= 15 is 0 Å². The van der Waals surface area contributed by atoms with Gasteiger partial charge in [0.25, 0.3) is 0 Å². The van der Waals surface area contributed by atoms with E-state index in [1.165, 1.54) is 19.1 Å². The molecule has 2 aliphatic rings. The molecule has 154 valence electrons. The Kier molecular flexibility index (Phi) is 5.76. The summed E-state index contributed by atoms with van der Waals surface area (Å²) < 4.78 is 4.84. The number of nitrogens with zero attached hydrogens (tertiary/aromatic N) is 2. The van der Waals surface area contributed by atoms with Crippen molar-refractivity contribution in [3.8, 4) is 0 Å². The van der Waals surface area contributed by atoms with Crippen molar-refractivity contribution in [2.75, 3.05) is 30.8 Å². The van der Waals surface area contributed by atoms with E-state index in [2.05, 4.69) is 65.3 Å². The topological polar surface area (TPSA) is 58.8 Å². The lowest BCUT2D eigenvalue weighted by Gasteiger charge is -2.36. The van der Waals surface area contributed by atoms with Crippen molar-refractivity contribution in [1.82, 2.24) is 4.90 Å². The van der Waals surface area contributed by atoms with Gasteiger partial charge in [0, 0.05) is 31.7 Å². The number of carbonyl (C=O) groups excluding carboxylic acids is 1. The number of ether oxygens (including phenoxy) is 1. The van der Waals surface area contributed by atoms with Crippen LogP contribution in [-0.2, 0) is 16.1 Å². The van der Waals surface area contributed by atoms with E-state index in [4.69, 9.17) is 10.5 Å². The predicted molar refractivity (Wildman–Crippen MR) is 117 cm³/mol. The van der Waals surface area contributed by atoms with Gasteiger partial charge in [-0.1, -0.05) is 43.3 Å². The van der Waals surface area contributed by atoms with Crippen molar-refractivity contribution < 1.29 is 9.53 Å². The second kappa shape index (κ2) is 8.46. The molecule has 2 heterocycles. The highest BCUT2D eigenvalue weighted by Crippen LogP contribution is 2.39. The maximum Gasteiger partial charge on any atom is 0.306 e. The van der Waals surface area contributed by atoms with Crippen LogP contribution in [0.5, 0.6) is 0 Å². The van der Waals surface area contributed by atoms with Crippen LogP contribution in [-0.4, -0.2) is 43.2 Å². The molecule has 29 heavy (non-hydrogen) atoms. The molecule has 0 saturated carbocycles. The summed E-state index contributed by atoms with van der Waals surface area (Å²) in [6, 6.07) is 18.2. The first-order chi connectivity index (χ1) is 14.1. The van der Waals surface area contributed by atoms with E-state index < -0.39 is 0 Å². The Morgan fingerprint density at radius 3 is 2.59 bits per heavy atom. The Balaban J connectivity index is 1.43. The summed E-state index contributed by atoms with van der Waals surface area (Å²) in [7, 11) is 1.44. The fraction of sp³-hybridized carbons (Fsp3) is 0.458. The zero-order valence-electron chi connectivity index (χ0n) is 17.4. The second-order valence-electron chi connectivity index (χ2n) is 8.31. The van der Waals surface area contributed by atoms with Crippen molar-refractivity contribution in [3.05, 3.63) is 59.7 Å². The predicted octanol–water partition coefficient (Wildman–Crippen LogP) is 3.79. The van der Waals surface area contributed by atoms with E-state index in [1.807, 2.05) is 0 Å². The van der Waals surface area contributed by atoms with Gasteiger partial charge in [0.1, 0.15) is 0 Å². The lowest BCUT2D eigenvalue weighted by atomic mass is 9.92. The molecule has 0 aliphatic carbocycles. The standard InChI is InChI=1S/C24H31N3O2/c1-3-18(12-24(28)29-2)19-9-10-23(22(25)11-19)27-16-20-13-21(27)15-26(20)14-17-7-5-4-6-8-17/h4-11,18,20-21H,3,12-16,25H2,1-2H3/t18?,20-,21-/m0/s1. The third-order valence-electron chi connectivity index (χ3n) is 6.55. The van der Waals surface area contributed by atoms with Gasteiger partial charge in [-0.15, -0.1) is 0 Å². The van der Waals surface area contributed by atoms with Gasteiger partial charge in [-0.25, -0.2) is 0 Å². The molecule has 4 rings (SSSR count). The molecule has 0 radical (unpaired) electrons. The molecule has 2 aliphatic heterocycles. The molecule has 1 unspecified atom stereocenters. The molecule has 0 spiro atoms. The zero-order chi connectivity index (χ0) is 20.4. The summed E-state index contributed by atoms with van der Waals surface area (Å²) in [6.45, 7) is 5.23. The molecule has 2 saturated heterocycles. The number of nitrogens with two attached hydrogens (primary N) is 1. The number of hydrogen-bond donors (Lipinski definition) is 1. The first-order valence-corrected chi connectivity index (χ1v) is 10.6. The Hall–Kier alpha value is -2.53. The van der Waals surface area contributed by atoms with Gasteiger partial charge in [-0.05, 0) is 42.0 Å². The minimum absolute atomic E-state index is 0.148. The first kappa shape index (κ1) is 19.8. The molecule has 2 aromatic rings. The van der Waals surface area contributed by atoms with Gasteiger partial charge >= 0.3 is 5.97 Å². The highest BCUT2D eigenvalue weighted by atomic mass is 16.5. The summed E-state index contributed by atoms with van der Waals surface area (Å²) >= 11 is 0. The normalized spacial score (nSPS) is 22.1. The largest absolute Gasteiger partial charge is 0.469 e. The molecule has 2 aromatic carbocycles. The summed E-state index contributed by atoms with van der Waals surface area (Å²) in [5.74, 6) is -0.0231. The summed E-state index contributed by atoms with van der Waals surface area (Å²) in [4.78, 5) is 16.8. The van der Waals surface area contributed by atoms with Crippen molar-refractivity contribution >= 4 is 17.3 Å². The minimum atomic E-state index is -0.171. The monoisotopic (exact) mass is 393 g/mol. The van der Waals surface area contributed by atoms with E-state index in [1.54, 1.807) is 0 Å². The van der Waals surface area contributed by atoms with Gasteiger partial charge in [-0.2, -0.15) is 0 Å². The van der Waals surface area contributed by atoms with Crippen LogP contribution in [0.4, 0.5) is 11.4 Å². The van der Waals surface area contributed by atoms with Gasteiger partial charge in [0.15, 0.2) is 0 Å². The zero-order valence-corrected chi connectivity index (χ0v) is 17.4. The fourth-order valence-corrected chi connectivity index (χ4v) is 4.93. The summed E-state index contributed by atoms with van der Waals surface area (Å²) in [5.41, 5.74) is 10.9. The van der Waals surface area contributed by atoms with Crippen LogP contribution in [0.2, 0.25) is 0 Å². The molecular formula is C24H31N3O2. The maximum absolute atomic E-state index is 11.7. The van der Waals surface area contributed by atoms with Gasteiger partial charge in [-0.3, -0.25) is 9.69 Å². The van der Waals surface area contributed by atoms with Gasteiger partial charge < -0.3 is 15.4 Å². The minimum Gasteiger partial charge on any atom is -0.469 e. The lowest BCUT2D eigenvalue weighted by molar-refractivity contribution is -0.141. The van der Waals surface area contributed by atoms with Crippen molar-refractivity contribution in [3.63, 3.8) is 0 Å². The van der Waals surface area contributed by atoms with Crippen LogP contribution < -0.4 is 10.6 Å². The third kappa shape index (κ3) is 4.10. The molecule has 2 bridgehead atoms. The molecule has 2 fully saturated rings. The number of anilines is 2. The fourth-order valence-electron chi connectivity index (χ4n) is 4.93. The molecule has 0 aromatic heterocycles. The molecule has 3 atom stereocenters. The van der Waals surface area contributed by atoms with Crippen LogP contribution >= 0.6 is 0 Å². The van der Waals surface area contributed by atoms with Crippen LogP contribution in [0, 0.1) is 0 Å². The van der Waals surface area contributed by atoms with Crippen molar-refractivity contribution in [2.24, 2.45) is 0 Å². The van der Waals surface area contributed by atoms with Crippen LogP contribution in [0.25, 0.3) is 0 Å². The number of piperazine rings is 1. The van der Waals surface area contributed by atoms with Gasteiger partial charge in [0.05, 0.1) is 24.9 Å². The third-order valence-corrected chi connectivity index (χ3v) is 6.55. The number of fused-ring (bicyclic) bond motifs is 2. The molecule has 5 nitrogen and oxygen atoms in total. The summed E-state index contributed by atoms with van der Waals surface area (Å²) in [6.07, 6.45) is 2.49. The Morgan fingerprint density at radius 1 is 1.17 bits per heavy atom. The second-order valence-corrected chi connectivity index (χ2v) is 8.31. The Morgan fingerprint density at radius 2 is 1.97 bits per heavy atom. The maximum atomic E-state index is 11.7. The SMILES string of the molecule is CCC(CC(=O)OC)c1ccc(N2C[C@@H]3C[C@H]2CN3Cc2ccccc2)c(N)c1. The number of benzene rings is 2. The number of likely N-dealkylation sites (tertiary alicyclic amines) is 1. The van der Waals surface area contributed by atoms with E-state index in [9.17, 15) is 4.79 Å². The quantitative estimate of drug-likeness (QED) is 0.573. The molecule has 2 N–H and O–H groups in total. The average molecular weight is 394 g/mol. The number of rotatable bonds is 7. The first-order valence-electron chi connectivity index (χ1n) is 10.6. The highest BCUT2D eigenvalue weighted by molar-refractivity contribution is 5.72. The van der Waals surface area contributed by atoms with Crippen molar-refractivity contribution in [1.29, 1.82) is 0 Å². The number of methoxy groups -OCH3 is 1. The van der Waals surface area contributed by atoms with E-state index in [0.29, 0.717) is 18.5 Å². The average Bonchev–Trinajstić information content (AvgIpc) is 3.33. The number of nitrogen functional groups attached to an aromatic ring is 1. The number of esters is 1. The summed E-state index contributed by atoms with van der Waals surface area (Å²) in [5, 5.41) is 0. The molecule has 0 amide bonds. The smallest absolute Gasteiger partial charge is 0.306 e. The molecule has 5 heteroatoms. The lowest BCUT2D eigenvalue weighted by Crippen LogP contribution is -2.46. The van der Waals surface area contributed by atoms with Crippen LogP contribution in [0.15, 0.2) is 48.5 Å². The van der Waals surface area contributed by atoms with E-state index in [-0.39, 0.29) is 11.9 Å².